The first-order chi connectivity index (χ1) is 9.61. The van der Waals surface area contributed by atoms with E-state index in [2.05, 4.69) is 15.3 Å². The van der Waals surface area contributed by atoms with Crippen LogP contribution in [0.25, 0.3) is 0 Å². The van der Waals surface area contributed by atoms with E-state index in [0.717, 1.165) is 28.7 Å². The van der Waals surface area contributed by atoms with E-state index in [9.17, 15) is 0 Å². The lowest BCUT2D eigenvalue weighted by Gasteiger charge is -2.13. The third-order valence-electron chi connectivity index (χ3n) is 2.93. The van der Waals surface area contributed by atoms with Crippen molar-refractivity contribution in [2.75, 3.05) is 31.1 Å². The molecular formula is C14H16N4O2. The maximum Gasteiger partial charge on any atom is 0.231 e. The van der Waals surface area contributed by atoms with Gasteiger partial charge in [0.05, 0.1) is 0 Å². The van der Waals surface area contributed by atoms with Crippen molar-refractivity contribution in [2.45, 2.75) is 6.92 Å². The highest BCUT2D eigenvalue weighted by Gasteiger charge is 2.13. The van der Waals surface area contributed by atoms with E-state index in [1.54, 1.807) is 0 Å². The monoisotopic (exact) mass is 272 g/mol. The van der Waals surface area contributed by atoms with Gasteiger partial charge in [-0.3, -0.25) is 0 Å². The Bertz CT molecular complexity index is 643. The lowest BCUT2D eigenvalue weighted by molar-refractivity contribution is 0.174. The molecule has 0 amide bonds. The smallest absolute Gasteiger partial charge is 0.231 e. The van der Waals surface area contributed by atoms with Crippen molar-refractivity contribution >= 4 is 17.5 Å². The summed E-state index contributed by atoms with van der Waals surface area (Å²) in [6.45, 7) is 2.21. The molecule has 1 aromatic carbocycles. The normalized spacial score (nSPS) is 12.3. The Hall–Kier alpha value is -2.50. The van der Waals surface area contributed by atoms with E-state index in [4.69, 9.17) is 9.47 Å². The minimum Gasteiger partial charge on any atom is -0.454 e. The molecule has 0 aliphatic carbocycles. The molecule has 6 heteroatoms. The second-order valence-electron chi connectivity index (χ2n) is 4.78. The van der Waals surface area contributed by atoms with Gasteiger partial charge in [0.2, 0.25) is 12.7 Å². The summed E-state index contributed by atoms with van der Waals surface area (Å²) in [5.74, 6) is 2.92. The van der Waals surface area contributed by atoms with Crippen molar-refractivity contribution in [3.8, 4) is 11.5 Å². The highest BCUT2D eigenvalue weighted by molar-refractivity contribution is 5.61. The standard InChI is InChI=1S/C14H16N4O2/c1-9-6-13(18(2)3)17-14(15-9)16-10-4-5-11-12(7-10)20-8-19-11/h4-7H,8H2,1-3H3,(H,15,16,17). The Morgan fingerprint density at radius 3 is 2.70 bits per heavy atom. The predicted molar refractivity (Wildman–Crippen MR) is 76.9 cm³/mol. The Kier molecular flexibility index (Phi) is 3.06. The topological polar surface area (TPSA) is 59.5 Å². The minimum absolute atomic E-state index is 0.268. The molecule has 1 aliphatic heterocycles. The molecule has 0 saturated heterocycles. The lowest BCUT2D eigenvalue weighted by atomic mass is 10.3. The molecule has 20 heavy (non-hydrogen) atoms. The summed E-state index contributed by atoms with van der Waals surface area (Å²) in [5.41, 5.74) is 1.77. The van der Waals surface area contributed by atoms with Crippen LogP contribution in [-0.4, -0.2) is 30.9 Å². The van der Waals surface area contributed by atoms with Gasteiger partial charge in [0.25, 0.3) is 0 Å². The second kappa shape index (κ2) is 4.88. The molecule has 3 rings (SSSR count). The Labute approximate surface area is 117 Å². The Morgan fingerprint density at radius 2 is 1.90 bits per heavy atom. The van der Waals surface area contributed by atoms with Crippen LogP contribution in [0.4, 0.5) is 17.5 Å². The zero-order chi connectivity index (χ0) is 14.1. The van der Waals surface area contributed by atoms with Crippen LogP contribution in [0.3, 0.4) is 0 Å². The maximum absolute atomic E-state index is 5.35. The molecule has 0 radical (unpaired) electrons. The molecule has 0 atom stereocenters. The third kappa shape index (κ3) is 2.45. The molecule has 1 aliphatic rings. The number of hydrogen-bond donors (Lipinski definition) is 1. The second-order valence-corrected chi connectivity index (χ2v) is 4.78. The van der Waals surface area contributed by atoms with Crippen molar-refractivity contribution in [3.05, 3.63) is 30.0 Å². The first-order valence-electron chi connectivity index (χ1n) is 6.31. The van der Waals surface area contributed by atoms with Crippen molar-refractivity contribution in [1.29, 1.82) is 0 Å². The van der Waals surface area contributed by atoms with Gasteiger partial charge in [-0.25, -0.2) is 4.98 Å². The van der Waals surface area contributed by atoms with Gasteiger partial charge >= 0.3 is 0 Å². The van der Waals surface area contributed by atoms with Gasteiger partial charge in [0.15, 0.2) is 11.5 Å². The summed E-state index contributed by atoms with van der Waals surface area (Å²) >= 11 is 0. The summed E-state index contributed by atoms with van der Waals surface area (Å²) < 4.78 is 10.6. The number of hydrogen-bond acceptors (Lipinski definition) is 6. The van der Waals surface area contributed by atoms with Gasteiger partial charge < -0.3 is 19.7 Å². The van der Waals surface area contributed by atoms with E-state index < -0.39 is 0 Å². The maximum atomic E-state index is 5.35. The molecule has 6 nitrogen and oxygen atoms in total. The molecule has 1 N–H and O–H groups in total. The van der Waals surface area contributed by atoms with E-state index in [1.807, 2.05) is 50.2 Å². The third-order valence-corrected chi connectivity index (χ3v) is 2.93. The molecule has 2 aromatic rings. The summed E-state index contributed by atoms with van der Waals surface area (Å²) in [6.07, 6.45) is 0. The van der Waals surface area contributed by atoms with E-state index >= 15 is 0 Å². The van der Waals surface area contributed by atoms with Gasteiger partial charge in [0, 0.05) is 37.6 Å². The molecular weight excluding hydrogens is 256 g/mol. The number of ether oxygens (including phenoxy) is 2. The van der Waals surface area contributed by atoms with Crippen molar-refractivity contribution in [3.63, 3.8) is 0 Å². The summed E-state index contributed by atoms with van der Waals surface area (Å²) in [4.78, 5) is 10.8. The van der Waals surface area contributed by atoms with Gasteiger partial charge in [-0.05, 0) is 19.1 Å². The number of aromatic nitrogens is 2. The van der Waals surface area contributed by atoms with Crippen LogP contribution in [0.2, 0.25) is 0 Å². The van der Waals surface area contributed by atoms with Gasteiger partial charge in [-0.2, -0.15) is 4.98 Å². The average molecular weight is 272 g/mol. The van der Waals surface area contributed by atoms with Crippen molar-refractivity contribution < 1.29 is 9.47 Å². The van der Waals surface area contributed by atoms with Crippen LogP contribution in [0.5, 0.6) is 11.5 Å². The first kappa shape index (κ1) is 12.5. The van der Waals surface area contributed by atoms with Crippen molar-refractivity contribution in [1.82, 2.24) is 9.97 Å². The number of aryl methyl sites for hydroxylation is 1. The van der Waals surface area contributed by atoms with E-state index in [-0.39, 0.29) is 6.79 Å². The van der Waals surface area contributed by atoms with Gasteiger partial charge in [0.1, 0.15) is 5.82 Å². The Balaban J connectivity index is 1.87. The highest BCUT2D eigenvalue weighted by atomic mass is 16.7. The van der Waals surface area contributed by atoms with Crippen LogP contribution < -0.4 is 19.7 Å². The fourth-order valence-electron chi connectivity index (χ4n) is 1.94. The molecule has 0 fully saturated rings. The quantitative estimate of drug-likeness (QED) is 0.925. The molecule has 0 saturated carbocycles. The molecule has 0 unspecified atom stereocenters. The number of benzene rings is 1. The average Bonchev–Trinajstić information content (AvgIpc) is 2.85. The van der Waals surface area contributed by atoms with Gasteiger partial charge in [-0.1, -0.05) is 0 Å². The summed E-state index contributed by atoms with van der Waals surface area (Å²) in [7, 11) is 3.90. The molecule has 0 spiro atoms. The lowest BCUT2D eigenvalue weighted by Crippen LogP contribution is -2.12. The Morgan fingerprint density at radius 1 is 1.10 bits per heavy atom. The number of nitrogens with one attached hydrogen (secondary N) is 1. The molecule has 2 heterocycles. The highest BCUT2D eigenvalue weighted by Crippen LogP contribution is 2.34. The molecule has 104 valence electrons. The summed E-state index contributed by atoms with van der Waals surface area (Å²) in [5, 5.41) is 3.19. The van der Waals surface area contributed by atoms with Crippen LogP contribution in [0.15, 0.2) is 24.3 Å². The largest absolute Gasteiger partial charge is 0.454 e. The molecule has 0 bridgehead atoms. The zero-order valence-corrected chi connectivity index (χ0v) is 11.7. The van der Waals surface area contributed by atoms with E-state index in [0.29, 0.717) is 5.95 Å². The van der Waals surface area contributed by atoms with Crippen LogP contribution in [-0.2, 0) is 0 Å². The van der Waals surface area contributed by atoms with E-state index in [1.165, 1.54) is 0 Å². The number of fused-ring (bicyclic) bond motifs is 1. The molecule has 1 aromatic heterocycles. The fraction of sp³-hybridized carbons (Fsp3) is 0.286. The summed E-state index contributed by atoms with van der Waals surface area (Å²) in [6, 6.07) is 7.59. The van der Waals surface area contributed by atoms with Crippen molar-refractivity contribution in [2.24, 2.45) is 0 Å². The zero-order valence-electron chi connectivity index (χ0n) is 11.7. The number of nitrogens with zero attached hydrogens (tertiary/aromatic N) is 3. The van der Waals surface area contributed by atoms with Crippen LogP contribution >= 0.6 is 0 Å². The van der Waals surface area contributed by atoms with Crippen LogP contribution in [0, 0.1) is 6.92 Å². The number of rotatable bonds is 3. The fourth-order valence-corrected chi connectivity index (χ4v) is 1.94. The predicted octanol–water partition coefficient (Wildman–Crippen LogP) is 2.32. The number of anilines is 3. The van der Waals surface area contributed by atoms with Crippen LogP contribution in [0.1, 0.15) is 5.69 Å². The first-order valence-corrected chi connectivity index (χ1v) is 6.31. The minimum atomic E-state index is 0.268. The van der Waals surface area contributed by atoms with Gasteiger partial charge in [-0.15, -0.1) is 0 Å². The SMILES string of the molecule is Cc1cc(N(C)C)nc(Nc2ccc3c(c2)OCO3)n1.